The molecule has 1 heterocycles. The number of piperidine rings is 1. The fraction of sp³-hybridized carbons (Fsp3) is 0.684. The molecule has 0 radical (unpaired) electrons. The van der Waals surface area contributed by atoms with Gasteiger partial charge in [0.2, 0.25) is 0 Å². The Morgan fingerprint density at radius 2 is 2.05 bits per heavy atom. The van der Waals surface area contributed by atoms with Gasteiger partial charge in [-0.05, 0) is 56.8 Å². The molecule has 1 saturated heterocycles. The molecular weight excluding hydrogens is 274 g/mol. The van der Waals surface area contributed by atoms with Crippen LogP contribution in [0.15, 0.2) is 24.3 Å². The van der Waals surface area contributed by atoms with Crippen LogP contribution in [0.3, 0.4) is 0 Å². The summed E-state index contributed by atoms with van der Waals surface area (Å²) in [5.41, 5.74) is 0.497. The van der Waals surface area contributed by atoms with E-state index in [9.17, 15) is 5.11 Å². The number of aryl methyl sites for hydroxylation is 1. The molecule has 0 amide bonds. The molecule has 1 saturated carbocycles. The van der Waals surface area contributed by atoms with Gasteiger partial charge in [0.05, 0.1) is 0 Å². The van der Waals surface area contributed by atoms with E-state index < -0.39 is 5.60 Å². The maximum absolute atomic E-state index is 10.9. The number of nitrogens with zero attached hydrogens (tertiary/aromatic N) is 1. The van der Waals surface area contributed by atoms with Crippen molar-refractivity contribution in [1.82, 2.24) is 4.90 Å². The smallest absolute Gasteiger partial charge is 0.119 e. The molecule has 1 aromatic rings. The number of aliphatic hydroxyl groups is 1. The van der Waals surface area contributed by atoms with Crippen LogP contribution in [-0.4, -0.2) is 41.3 Å². The summed E-state index contributed by atoms with van der Waals surface area (Å²) in [4.78, 5) is 2.52. The molecular formula is C19H29NO2. The second kappa shape index (κ2) is 7.01. The molecule has 1 atom stereocenters. The highest BCUT2D eigenvalue weighted by Crippen LogP contribution is 2.29. The molecule has 0 bridgehead atoms. The van der Waals surface area contributed by atoms with Crippen LogP contribution in [0.5, 0.6) is 5.75 Å². The van der Waals surface area contributed by atoms with Gasteiger partial charge in [-0.25, -0.2) is 0 Å². The van der Waals surface area contributed by atoms with Crippen molar-refractivity contribution in [2.75, 3.05) is 19.7 Å². The first-order valence-corrected chi connectivity index (χ1v) is 8.81. The van der Waals surface area contributed by atoms with E-state index in [1.165, 1.54) is 37.7 Å². The lowest BCUT2D eigenvalue weighted by molar-refractivity contribution is -0.0733. The molecule has 1 aromatic carbocycles. The lowest BCUT2D eigenvalue weighted by Gasteiger charge is -2.43. The molecule has 2 fully saturated rings. The number of hydrogen-bond acceptors (Lipinski definition) is 3. The second-order valence-electron chi connectivity index (χ2n) is 7.20. The van der Waals surface area contributed by atoms with Crippen LogP contribution in [0.4, 0.5) is 0 Å². The molecule has 1 unspecified atom stereocenters. The first-order valence-electron chi connectivity index (χ1n) is 8.81. The average Bonchev–Trinajstić information content (AvgIpc) is 2.54. The van der Waals surface area contributed by atoms with Gasteiger partial charge in [0.25, 0.3) is 0 Å². The molecule has 22 heavy (non-hydrogen) atoms. The number of benzene rings is 1. The monoisotopic (exact) mass is 303 g/mol. The fourth-order valence-electron chi connectivity index (χ4n) is 3.95. The largest absolute Gasteiger partial charge is 0.491 e. The highest BCUT2D eigenvalue weighted by Gasteiger charge is 2.36. The summed E-state index contributed by atoms with van der Waals surface area (Å²) >= 11 is 0. The van der Waals surface area contributed by atoms with Crippen molar-refractivity contribution < 1.29 is 9.84 Å². The molecule has 0 aromatic heterocycles. The molecule has 0 spiro atoms. The van der Waals surface area contributed by atoms with Crippen LogP contribution >= 0.6 is 0 Å². The summed E-state index contributed by atoms with van der Waals surface area (Å²) in [5, 5.41) is 10.9. The van der Waals surface area contributed by atoms with Crippen molar-refractivity contribution in [3.8, 4) is 5.75 Å². The molecule has 3 nitrogen and oxygen atoms in total. The van der Waals surface area contributed by atoms with Gasteiger partial charge in [0.15, 0.2) is 0 Å². The summed E-state index contributed by atoms with van der Waals surface area (Å²) in [6, 6.07) is 8.75. The van der Waals surface area contributed by atoms with Crippen LogP contribution in [-0.2, 0) is 0 Å². The number of rotatable bonds is 4. The number of likely N-dealkylation sites (tertiary alicyclic amines) is 1. The molecule has 3 heteroatoms. The van der Waals surface area contributed by atoms with Gasteiger partial charge in [0, 0.05) is 12.6 Å². The zero-order valence-electron chi connectivity index (χ0n) is 13.8. The maximum Gasteiger partial charge on any atom is 0.119 e. The van der Waals surface area contributed by atoms with Crippen molar-refractivity contribution in [3.05, 3.63) is 29.8 Å². The van der Waals surface area contributed by atoms with Crippen LogP contribution in [0, 0.1) is 6.92 Å². The van der Waals surface area contributed by atoms with Crippen LogP contribution in [0.25, 0.3) is 0 Å². The molecule has 1 aliphatic heterocycles. The van der Waals surface area contributed by atoms with Crippen molar-refractivity contribution >= 4 is 0 Å². The van der Waals surface area contributed by atoms with E-state index in [1.54, 1.807) is 0 Å². The molecule has 1 aliphatic carbocycles. The van der Waals surface area contributed by atoms with E-state index in [4.69, 9.17) is 4.74 Å². The second-order valence-corrected chi connectivity index (χ2v) is 7.20. The van der Waals surface area contributed by atoms with E-state index in [2.05, 4.69) is 17.9 Å². The normalized spacial score (nSPS) is 27.7. The number of hydrogen-bond donors (Lipinski definition) is 1. The maximum atomic E-state index is 10.9. The summed E-state index contributed by atoms with van der Waals surface area (Å²) < 4.78 is 5.89. The van der Waals surface area contributed by atoms with E-state index in [0.29, 0.717) is 12.6 Å². The van der Waals surface area contributed by atoms with Gasteiger partial charge in [-0.2, -0.15) is 0 Å². The minimum Gasteiger partial charge on any atom is -0.491 e. The first kappa shape index (κ1) is 15.8. The minimum atomic E-state index is -0.695. The summed E-state index contributed by atoms with van der Waals surface area (Å²) in [6.07, 6.45) is 8.60. The van der Waals surface area contributed by atoms with Gasteiger partial charge in [-0.3, -0.25) is 4.90 Å². The Morgan fingerprint density at radius 3 is 2.82 bits per heavy atom. The van der Waals surface area contributed by atoms with E-state index in [-0.39, 0.29) is 0 Å². The summed E-state index contributed by atoms with van der Waals surface area (Å²) in [6.45, 7) is 4.37. The van der Waals surface area contributed by atoms with Crippen LogP contribution < -0.4 is 4.74 Å². The van der Waals surface area contributed by atoms with E-state index >= 15 is 0 Å². The van der Waals surface area contributed by atoms with Crippen LogP contribution in [0.2, 0.25) is 0 Å². The van der Waals surface area contributed by atoms with E-state index in [1.807, 2.05) is 18.2 Å². The predicted molar refractivity (Wildman–Crippen MR) is 89.3 cm³/mol. The van der Waals surface area contributed by atoms with Gasteiger partial charge < -0.3 is 9.84 Å². The van der Waals surface area contributed by atoms with Gasteiger partial charge in [0.1, 0.15) is 18.0 Å². The molecule has 1 N–H and O–H groups in total. The van der Waals surface area contributed by atoms with Gasteiger partial charge in [-0.1, -0.05) is 31.4 Å². The number of β-amino-alcohol motifs (C(OH)–C–C–N with tert-alkyl or cyclic N) is 1. The Hall–Kier alpha value is -1.06. The van der Waals surface area contributed by atoms with Gasteiger partial charge in [-0.15, -0.1) is 0 Å². The predicted octanol–water partition coefficient (Wildman–Crippen LogP) is 3.53. The van der Waals surface area contributed by atoms with Crippen molar-refractivity contribution in [2.24, 2.45) is 0 Å². The molecule has 2 aliphatic rings. The highest BCUT2D eigenvalue weighted by atomic mass is 16.5. The quantitative estimate of drug-likeness (QED) is 0.923. The zero-order chi connectivity index (χ0) is 15.4. The Kier molecular flexibility index (Phi) is 5.04. The lowest BCUT2D eigenvalue weighted by atomic mass is 9.88. The van der Waals surface area contributed by atoms with Crippen LogP contribution in [0.1, 0.15) is 50.5 Å². The average molecular weight is 303 g/mol. The molecule has 122 valence electrons. The lowest BCUT2D eigenvalue weighted by Crippen LogP contribution is -2.54. The Balaban J connectivity index is 1.57. The van der Waals surface area contributed by atoms with Crippen molar-refractivity contribution in [2.45, 2.75) is 63.5 Å². The van der Waals surface area contributed by atoms with Gasteiger partial charge >= 0.3 is 0 Å². The van der Waals surface area contributed by atoms with Crippen molar-refractivity contribution in [1.29, 1.82) is 0 Å². The third kappa shape index (κ3) is 4.02. The first-order chi connectivity index (χ1) is 10.6. The topological polar surface area (TPSA) is 32.7 Å². The Labute approximate surface area is 134 Å². The Bertz CT molecular complexity index is 484. The van der Waals surface area contributed by atoms with E-state index in [0.717, 1.165) is 31.7 Å². The SMILES string of the molecule is Cc1cccc(OCC2(O)CCCN(C3CCCCC3)C2)c1. The highest BCUT2D eigenvalue weighted by molar-refractivity contribution is 5.27. The third-order valence-electron chi connectivity index (χ3n) is 5.17. The summed E-state index contributed by atoms with van der Waals surface area (Å²) in [7, 11) is 0. The zero-order valence-corrected chi connectivity index (χ0v) is 13.8. The summed E-state index contributed by atoms with van der Waals surface area (Å²) in [5.74, 6) is 0.864. The minimum absolute atomic E-state index is 0.402. The third-order valence-corrected chi connectivity index (χ3v) is 5.17. The number of ether oxygens (including phenoxy) is 1. The fourth-order valence-corrected chi connectivity index (χ4v) is 3.95. The standard InChI is InChI=1S/C19H29NO2/c1-16-7-5-10-18(13-16)22-15-19(21)11-6-12-20(14-19)17-8-3-2-4-9-17/h5,7,10,13,17,21H,2-4,6,8-9,11-12,14-15H2,1H3. The van der Waals surface area contributed by atoms with Crippen molar-refractivity contribution in [3.63, 3.8) is 0 Å². The Morgan fingerprint density at radius 1 is 1.23 bits per heavy atom. The molecule has 3 rings (SSSR count).